The molecule has 3 atom stereocenters. The molecule has 3 aliphatic heterocycles. The van der Waals surface area contributed by atoms with E-state index in [0.29, 0.717) is 55.1 Å². The number of H-pyrrole nitrogens is 1. The smallest absolute Gasteiger partial charge is 0.415 e. The summed E-state index contributed by atoms with van der Waals surface area (Å²) in [5.41, 5.74) is 15.1. The van der Waals surface area contributed by atoms with Gasteiger partial charge in [-0.25, -0.2) is 14.4 Å². The number of rotatable bonds is 29. The third-order valence-electron chi connectivity index (χ3n) is 16.2. The van der Waals surface area contributed by atoms with Gasteiger partial charge in [0.15, 0.2) is 5.75 Å². The van der Waals surface area contributed by atoms with Gasteiger partial charge in [0, 0.05) is 117 Å². The Labute approximate surface area is 527 Å². The first-order valence-corrected chi connectivity index (χ1v) is 31.6. The first-order chi connectivity index (χ1) is 42.4. The van der Waals surface area contributed by atoms with Crippen LogP contribution in [0.25, 0.3) is 21.0 Å². The molecule has 10 amide bonds. The average molecular weight is 1260 g/mol. The summed E-state index contributed by atoms with van der Waals surface area (Å²) in [6.45, 7) is 13.8. The highest BCUT2D eigenvalue weighted by molar-refractivity contribution is 7.17. The lowest BCUT2D eigenvalue weighted by Gasteiger charge is -2.34. The number of anilines is 2. The molecule has 89 heavy (non-hydrogen) atoms. The van der Waals surface area contributed by atoms with E-state index in [0.717, 1.165) is 62.4 Å². The summed E-state index contributed by atoms with van der Waals surface area (Å²) in [5.74, 6) is -2.16. The number of nitrogens with zero attached hydrogens (tertiary/aromatic N) is 6. The van der Waals surface area contributed by atoms with E-state index < -0.39 is 59.4 Å². The minimum atomic E-state index is -1.21. The van der Waals surface area contributed by atoms with E-state index in [4.69, 9.17) is 37.3 Å². The predicted octanol–water partition coefficient (Wildman–Crippen LogP) is 8.14. The molecule has 5 aromatic rings. The Morgan fingerprint density at radius 1 is 0.876 bits per heavy atom. The van der Waals surface area contributed by atoms with Crippen LogP contribution in [0.1, 0.15) is 112 Å². The van der Waals surface area contributed by atoms with Crippen LogP contribution in [0.15, 0.2) is 72.1 Å². The van der Waals surface area contributed by atoms with E-state index in [1.807, 2.05) is 50.4 Å². The summed E-state index contributed by atoms with van der Waals surface area (Å²) in [6, 6.07) is 12.7. The number of nitrogens with one attached hydrogen (secondary N) is 3. The van der Waals surface area contributed by atoms with Crippen molar-refractivity contribution in [3.05, 3.63) is 94.5 Å². The van der Waals surface area contributed by atoms with Crippen molar-refractivity contribution in [3.8, 4) is 11.5 Å². The van der Waals surface area contributed by atoms with Gasteiger partial charge in [0.2, 0.25) is 11.8 Å². The van der Waals surface area contributed by atoms with Crippen molar-refractivity contribution < 1.29 is 57.4 Å². The Morgan fingerprint density at radius 2 is 1.57 bits per heavy atom. The molecule has 0 bridgehead atoms. The van der Waals surface area contributed by atoms with E-state index in [2.05, 4.69) is 20.5 Å². The number of urea groups is 1. The third-order valence-corrected chi connectivity index (χ3v) is 17.7. The van der Waals surface area contributed by atoms with Crippen molar-refractivity contribution in [1.82, 2.24) is 35.2 Å². The standard InChI is InChI=1S/C64H82ClN11O12S/c1-39(2)56(70-51(77)15-9-8-10-27-74-52(78)22-23-53(74)79)60(82)76(48(58(66)80)14-13-24-68-61(67)83)44-18-16-41(17-19-44)35-87-62(84)71(6)37-64(4,5)38-72(7)63(85)88-50-32-49-55(54-40(3)36-89-57(50)54)43(33-65)34-75(49)59(81)47-31-42-30-45(20-21-46(42)69-47)86-29-28-73-25-11-12-26-73/h16-23,30-32,36,39,43,48,56,69H,8-15,24-29,33-35,37-38H2,1-7H3,(H2,66,80)(H,70,77)(H3,67,68,83)/t43-,48-,56-/m0/s1. The summed E-state index contributed by atoms with van der Waals surface area (Å²) >= 11 is 8.09. The molecule has 478 valence electrons. The Morgan fingerprint density at radius 3 is 2.24 bits per heavy atom. The lowest BCUT2D eigenvalue weighted by atomic mass is 9.92. The molecule has 0 aliphatic carbocycles. The molecule has 3 aromatic carbocycles. The van der Waals surface area contributed by atoms with Crippen LogP contribution in [-0.4, -0.2) is 169 Å². The first-order valence-electron chi connectivity index (χ1n) is 30.2. The van der Waals surface area contributed by atoms with Gasteiger partial charge in [-0.3, -0.25) is 43.5 Å². The van der Waals surface area contributed by atoms with Crippen LogP contribution in [0, 0.1) is 18.3 Å². The number of primary amides is 2. The minimum absolute atomic E-state index is 0.0342. The topological polar surface area (TPSA) is 293 Å². The van der Waals surface area contributed by atoms with Gasteiger partial charge in [0.25, 0.3) is 23.6 Å². The molecular formula is C64H82ClN11O12S. The van der Waals surface area contributed by atoms with Gasteiger partial charge >= 0.3 is 18.2 Å². The highest BCUT2D eigenvalue weighted by atomic mass is 35.5. The number of aryl methyl sites for hydroxylation is 1. The number of hydrogen-bond acceptors (Lipinski definition) is 14. The molecule has 0 radical (unpaired) electrons. The lowest BCUT2D eigenvalue weighted by molar-refractivity contribution is -0.137. The highest BCUT2D eigenvalue weighted by Crippen LogP contribution is 2.49. The summed E-state index contributed by atoms with van der Waals surface area (Å²) in [6.07, 6.45) is 5.35. The summed E-state index contributed by atoms with van der Waals surface area (Å²) < 4.78 is 18.8. The SMILES string of the molecule is Cc1csc2c(OC(=O)N(C)CC(C)(C)CN(C)C(=O)OCc3ccc(N(C(=O)[C@@H](NC(=O)CCCCCN4C(=O)C=CC4=O)C(C)C)[C@@H](CCCNC(N)=O)C(N)=O)cc3)cc3c(c12)[C@@H](CCl)CN3C(=O)c1cc2cc(OCCN3CCCC3)ccc2[nH]1. The number of ether oxygens (including phenoxy) is 3. The molecule has 3 aliphatic rings. The Balaban J connectivity index is 0.878. The lowest BCUT2D eigenvalue weighted by Crippen LogP contribution is -2.57. The quantitative estimate of drug-likeness (QED) is 0.0172. The third kappa shape index (κ3) is 16.7. The zero-order valence-corrected chi connectivity index (χ0v) is 53.3. The number of benzene rings is 3. The molecule has 1 saturated heterocycles. The fraction of sp³-hybridized carbons (Fsp3) is 0.484. The number of alkyl halides is 1. The van der Waals surface area contributed by atoms with Crippen LogP contribution in [0.3, 0.4) is 0 Å². The number of fused-ring (bicyclic) bond motifs is 4. The van der Waals surface area contributed by atoms with Gasteiger partial charge in [0.1, 0.15) is 36.7 Å². The molecule has 25 heteroatoms. The Kier molecular flexibility index (Phi) is 22.4. The molecule has 0 spiro atoms. The zero-order valence-electron chi connectivity index (χ0n) is 51.7. The fourth-order valence-electron chi connectivity index (χ4n) is 11.9. The second-order valence-electron chi connectivity index (χ2n) is 24.3. The van der Waals surface area contributed by atoms with Gasteiger partial charge in [-0.2, -0.15) is 0 Å². The number of likely N-dealkylation sites (tertiary alicyclic amines) is 1. The largest absolute Gasteiger partial charge is 0.492 e. The second-order valence-corrected chi connectivity index (χ2v) is 25.5. The number of carbonyl (C=O) groups excluding carboxylic acids is 9. The Hall–Kier alpha value is -8.22. The van der Waals surface area contributed by atoms with E-state index in [-0.39, 0.29) is 87.3 Å². The van der Waals surface area contributed by atoms with E-state index in [1.54, 1.807) is 63.2 Å². The van der Waals surface area contributed by atoms with Gasteiger partial charge in [-0.05, 0) is 123 Å². The maximum atomic E-state index is 14.6. The molecule has 0 saturated carbocycles. The zero-order chi connectivity index (χ0) is 64.3. The number of carbonyl (C=O) groups is 9. The van der Waals surface area contributed by atoms with Crippen LogP contribution in [0.2, 0.25) is 0 Å². The van der Waals surface area contributed by atoms with Crippen molar-refractivity contribution in [1.29, 1.82) is 0 Å². The Bertz CT molecular complexity index is 3450. The number of halogens is 1. The monoisotopic (exact) mass is 1260 g/mol. The van der Waals surface area contributed by atoms with E-state index in [1.165, 1.54) is 51.0 Å². The van der Waals surface area contributed by atoms with Crippen LogP contribution in [0.4, 0.5) is 25.8 Å². The highest BCUT2D eigenvalue weighted by Gasteiger charge is 2.39. The average Bonchev–Trinajstić information content (AvgIpc) is 1.62. The number of imide groups is 1. The molecule has 2 aromatic heterocycles. The minimum Gasteiger partial charge on any atom is -0.492 e. The number of hydrogen-bond donors (Lipinski definition) is 5. The molecular weight excluding hydrogens is 1180 g/mol. The number of unbranched alkanes of at least 4 members (excludes halogenated alkanes) is 2. The van der Waals surface area contributed by atoms with Crippen molar-refractivity contribution >= 4 is 109 Å². The number of aromatic nitrogens is 1. The number of nitrogens with two attached hydrogens (primary N) is 2. The molecule has 5 heterocycles. The molecule has 1 fully saturated rings. The molecule has 23 nitrogen and oxygen atoms in total. The van der Waals surface area contributed by atoms with E-state index >= 15 is 0 Å². The van der Waals surface area contributed by atoms with Gasteiger partial charge in [-0.15, -0.1) is 22.9 Å². The maximum absolute atomic E-state index is 14.6. The van der Waals surface area contributed by atoms with Crippen molar-refractivity contribution in [3.63, 3.8) is 0 Å². The number of thiophene rings is 1. The maximum Gasteiger partial charge on any atom is 0.415 e. The van der Waals surface area contributed by atoms with Crippen molar-refractivity contribution in [2.45, 2.75) is 111 Å². The van der Waals surface area contributed by atoms with Gasteiger partial charge in [0.05, 0.1) is 10.4 Å². The first kappa shape index (κ1) is 66.7. The van der Waals surface area contributed by atoms with E-state index in [9.17, 15) is 43.2 Å². The van der Waals surface area contributed by atoms with Gasteiger partial charge in [-0.1, -0.05) is 46.2 Å². The predicted molar refractivity (Wildman–Crippen MR) is 341 cm³/mol. The van der Waals surface area contributed by atoms with Crippen LogP contribution >= 0.6 is 22.9 Å². The van der Waals surface area contributed by atoms with Crippen molar-refractivity contribution in [2.24, 2.45) is 22.8 Å². The van der Waals surface area contributed by atoms with Gasteiger partial charge < -0.3 is 56.0 Å². The van der Waals surface area contributed by atoms with Crippen LogP contribution in [0.5, 0.6) is 11.5 Å². The second kappa shape index (κ2) is 29.9. The number of aromatic amines is 1. The summed E-state index contributed by atoms with van der Waals surface area (Å²) in [5, 5.41) is 9.04. The number of amides is 10. The normalized spacial score (nSPS) is 15.6. The van der Waals surface area contributed by atoms with Crippen molar-refractivity contribution in [2.75, 3.05) is 88.7 Å². The van der Waals surface area contributed by atoms with Crippen LogP contribution in [-0.2, 0) is 35.3 Å². The molecule has 0 unspecified atom stereocenters. The van der Waals surface area contributed by atoms with Crippen LogP contribution < -0.4 is 41.4 Å². The molecule has 7 N–H and O–H groups in total. The molecule has 8 rings (SSSR count). The summed E-state index contributed by atoms with van der Waals surface area (Å²) in [4.78, 5) is 131. The summed E-state index contributed by atoms with van der Waals surface area (Å²) in [7, 11) is 3.20. The fourth-order valence-corrected chi connectivity index (χ4v) is 13.1.